The summed E-state index contributed by atoms with van der Waals surface area (Å²) >= 11 is 0. The van der Waals surface area contributed by atoms with E-state index in [0.29, 0.717) is 24.9 Å². The van der Waals surface area contributed by atoms with Gasteiger partial charge in [0.05, 0.1) is 0 Å². The summed E-state index contributed by atoms with van der Waals surface area (Å²) in [6.45, 7) is 0.424. The predicted octanol–water partition coefficient (Wildman–Crippen LogP) is 2.56. The van der Waals surface area contributed by atoms with Crippen LogP contribution < -0.4 is 11.1 Å². The molecule has 1 aromatic carbocycles. The summed E-state index contributed by atoms with van der Waals surface area (Å²) in [5.41, 5.74) is 5.36. The van der Waals surface area contributed by atoms with Crippen molar-refractivity contribution in [1.29, 1.82) is 0 Å². The number of hydrogen-bond donors (Lipinski definition) is 2. The van der Waals surface area contributed by atoms with Crippen LogP contribution in [0.3, 0.4) is 0 Å². The lowest BCUT2D eigenvalue weighted by molar-refractivity contribution is -0.291. The van der Waals surface area contributed by atoms with E-state index in [1.807, 2.05) is 0 Å². The van der Waals surface area contributed by atoms with Gasteiger partial charge in [-0.2, -0.15) is 22.0 Å². The number of carbonyl (C=O) groups excluding carboxylic acids is 1. The normalized spacial score (nSPS) is 17.7. The lowest BCUT2D eigenvalue weighted by Crippen LogP contribution is -2.45. The number of nitrogens with one attached hydrogen (secondary N) is 1. The number of benzene rings is 1. The zero-order chi connectivity index (χ0) is 15.8. The molecular formula is C13H13F5N2O. The molecule has 2 rings (SSSR count). The van der Waals surface area contributed by atoms with Gasteiger partial charge >= 0.3 is 12.1 Å². The fourth-order valence-electron chi connectivity index (χ4n) is 2.18. The molecule has 1 atom stereocenters. The van der Waals surface area contributed by atoms with Gasteiger partial charge in [-0.05, 0) is 30.0 Å². The molecule has 1 aromatic rings. The van der Waals surface area contributed by atoms with Gasteiger partial charge in [0, 0.05) is 12.1 Å². The van der Waals surface area contributed by atoms with Crippen molar-refractivity contribution in [3.05, 3.63) is 34.9 Å². The van der Waals surface area contributed by atoms with Crippen LogP contribution in [0.1, 0.15) is 33.9 Å². The Morgan fingerprint density at radius 1 is 1.19 bits per heavy atom. The van der Waals surface area contributed by atoms with Crippen LogP contribution in [0.4, 0.5) is 22.0 Å². The topological polar surface area (TPSA) is 55.1 Å². The number of halogens is 5. The highest BCUT2D eigenvalue weighted by Crippen LogP contribution is 2.43. The van der Waals surface area contributed by atoms with E-state index in [4.69, 9.17) is 5.73 Å². The molecule has 8 heteroatoms. The van der Waals surface area contributed by atoms with Crippen LogP contribution >= 0.6 is 0 Å². The van der Waals surface area contributed by atoms with Gasteiger partial charge in [0.25, 0.3) is 5.91 Å². The van der Waals surface area contributed by atoms with Crippen molar-refractivity contribution in [1.82, 2.24) is 5.32 Å². The van der Waals surface area contributed by atoms with E-state index in [-0.39, 0.29) is 5.56 Å². The molecule has 0 bridgehead atoms. The number of nitrogens with two attached hydrogens (primary N) is 1. The van der Waals surface area contributed by atoms with Gasteiger partial charge in [0.2, 0.25) is 0 Å². The molecule has 1 amide bonds. The molecule has 0 saturated heterocycles. The van der Waals surface area contributed by atoms with Crippen LogP contribution in [-0.2, 0) is 6.42 Å². The quantitative estimate of drug-likeness (QED) is 0.825. The minimum Gasteiger partial charge on any atom is -0.352 e. The van der Waals surface area contributed by atoms with Gasteiger partial charge < -0.3 is 11.1 Å². The summed E-state index contributed by atoms with van der Waals surface area (Å²) < 4.78 is 63.6. The van der Waals surface area contributed by atoms with Crippen molar-refractivity contribution in [3.63, 3.8) is 0 Å². The number of fused-ring (bicyclic) bond motifs is 1. The third-order valence-electron chi connectivity index (χ3n) is 3.41. The van der Waals surface area contributed by atoms with Crippen molar-refractivity contribution in [3.8, 4) is 0 Å². The summed E-state index contributed by atoms with van der Waals surface area (Å²) in [6, 6.07) is 0.947. The van der Waals surface area contributed by atoms with Crippen LogP contribution in [-0.4, -0.2) is 24.6 Å². The molecule has 0 radical (unpaired) electrons. The third-order valence-corrected chi connectivity index (χ3v) is 3.41. The molecule has 1 aliphatic rings. The minimum absolute atomic E-state index is 0.0958. The number of rotatable bonds is 2. The van der Waals surface area contributed by atoms with Gasteiger partial charge in [-0.3, -0.25) is 4.79 Å². The van der Waals surface area contributed by atoms with E-state index in [9.17, 15) is 26.7 Å². The van der Waals surface area contributed by atoms with Crippen molar-refractivity contribution in [2.24, 2.45) is 5.73 Å². The molecule has 1 aliphatic heterocycles. The van der Waals surface area contributed by atoms with Gasteiger partial charge in [-0.1, -0.05) is 12.1 Å². The summed E-state index contributed by atoms with van der Waals surface area (Å²) in [5, 5.41) is 2.55. The van der Waals surface area contributed by atoms with E-state index in [2.05, 4.69) is 5.32 Å². The monoisotopic (exact) mass is 308 g/mol. The first-order chi connectivity index (χ1) is 9.64. The predicted molar refractivity (Wildman–Crippen MR) is 65.0 cm³/mol. The zero-order valence-electron chi connectivity index (χ0n) is 10.8. The molecule has 1 unspecified atom stereocenters. The third kappa shape index (κ3) is 2.85. The van der Waals surface area contributed by atoms with Crippen molar-refractivity contribution >= 4 is 5.91 Å². The van der Waals surface area contributed by atoms with Gasteiger partial charge in [-0.15, -0.1) is 0 Å². The maximum atomic E-state index is 13.3. The summed E-state index contributed by atoms with van der Waals surface area (Å²) in [6.07, 6.45) is -4.54. The average Bonchev–Trinajstić information content (AvgIpc) is 2.58. The molecule has 116 valence electrons. The second-order valence-corrected chi connectivity index (χ2v) is 4.87. The Morgan fingerprint density at radius 3 is 2.48 bits per heavy atom. The zero-order valence-corrected chi connectivity index (χ0v) is 10.8. The SMILES string of the molecule is NC(c1ccc2c(c1)C(=O)NCCC2)C(F)(F)C(F)(F)F. The number of alkyl halides is 5. The maximum Gasteiger partial charge on any atom is 0.455 e. The largest absolute Gasteiger partial charge is 0.455 e. The van der Waals surface area contributed by atoms with Crippen LogP contribution in [0, 0.1) is 0 Å². The molecule has 3 nitrogen and oxygen atoms in total. The molecule has 3 N–H and O–H groups in total. The van der Waals surface area contributed by atoms with Crippen molar-refractivity contribution < 1.29 is 26.7 Å². The number of aryl methyl sites for hydroxylation is 1. The van der Waals surface area contributed by atoms with Gasteiger partial charge in [0.15, 0.2) is 0 Å². The smallest absolute Gasteiger partial charge is 0.352 e. The van der Waals surface area contributed by atoms with E-state index >= 15 is 0 Å². The Morgan fingerprint density at radius 2 is 1.86 bits per heavy atom. The Hall–Kier alpha value is -1.70. The standard InChI is InChI=1S/C13H13F5N2O/c14-12(15,13(16,17)18)10(19)8-4-3-7-2-1-5-20-11(21)9(7)6-8/h3-4,6,10H,1-2,5,19H2,(H,20,21). The Bertz CT molecular complexity index is 556. The minimum atomic E-state index is -5.75. The van der Waals surface area contributed by atoms with Crippen molar-refractivity contribution in [2.45, 2.75) is 31.0 Å². The number of amides is 1. The number of hydrogen-bond acceptors (Lipinski definition) is 2. The highest BCUT2D eigenvalue weighted by molar-refractivity contribution is 5.96. The summed E-state index contributed by atoms with van der Waals surface area (Å²) in [7, 11) is 0. The molecular weight excluding hydrogens is 295 g/mol. The van der Waals surface area contributed by atoms with Crippen LogP contribution in [0.5, 0.6) is 0 Å². The van der Waals surface area contributed by atoms with Crippen LogP contribution in [0.15, 0.2) is 18.2 Å². The molecule has 0 aliphatic carbocycles. The van der Waals surface area contributed by atoms with E-state index in [1.165, 1.54) is 6.07 Å². The molecule has 21 heavy (non-hydrogen) atoms. The maximum absolute atomic E-state index is 13.3. The molecule has 0 spiro atoms. The number of carbonyl (C=O) groups is 1. The molecule has 0 aromatic heterocycles. The van der Waals surface area contributed by atoms with E-state index < -0.39 is 29.6 Å². The van der Waals surface area contributed by atoms with Crippen LogP contribution in [0.2, 0.25) is 0 Å². The summed E-state index contributed by atoms with van der Waals surface area (Å²) in [5.74, 6) is -5.56. The molecule has 1 heterocycles. The fourth-order valence-corrected chi connectivity index (χ4v) is 2.18. The lowest BCUT2D eigenvalue weighted by Gasteiger charge is -2.26. The van der Waals surface area contributed by atoms with Crippen LogP contribution in [0.25, 0.3) is 0 Å². The fraction of sp³-hybridized carbons (Fsp3) is 0.462. The average molecular weight is 308 g/mol. The second-order valence-electron chi connectivity index (χ2n) is 4.87. The van der Waals surface area contributed by atoms with E-state index in [0.717, 1.165) is 12.1 Å². The second kappa shape index (κ2) is 5.25. The molecule has 0 saturated carbocycles. The Kier molecular flexibility index (Phi) is 3.92. The first-order valence-corrected chi connectivity index (χ1v) is 6.25. The van der Waals surface area contributed by atoms with E-state index in [1.54, 1.807) is 0 Å². The Balaban J connectivity index is 2.40. The molecule has 0 fully saturated rings. The first kappa shape index (κ1) is 15.7. The Labute approximate surface area is 117 Å². The van der Waals surface area contributed by atoms with Gasteiger partial charge in [-0.25, -0.2) is 0 Å². The lowest BCUT2D eigenvalue weighted by atomic mass is 9.95. The van der Waals surface area contributed by atoms with Crippen molar-refractivity contribution in [2.75, 3.05) is 6.54 Å². The van der Waals surface area contributed by atoms with Gasteiger partial charge in [0.1, 0.15) is 6.04 Å². The highest BCUT2D eigenvalue weighted by Gasteiger charge is 2.61. The first-order valence-electron chi connectivity index (χ1n) is 6.25. The highest BCUT2D eigenvalue weighted by atomic mass is 19.4. The summed E-state index contributed by atoms with van der Waals surface area (Å²) in [4.78, 5) is 11.8.